The summed E-state index contributed by atoms with van der Waals surface area (Å²) in [7, 11) is 0. The maximum absolute atomic E-state index is 6.95. The Hall–Kier alpha value is -7.88. The maximum Gasteiger partial charge on any atom is 0.178 e. The summed E-state index contributed by atoms with van der Waals surface area (Å²) in [5.74, 6) is 2.46. The van der Waals surface area contributed by atoms with Gasteiger partial charge in [-0.25, -0.2) is 0 Å². The molecule has 3 heteroatoms. The number of hydrogen-bond acceptors (Lipinski definition) is 3. The Morgan fingerprint density at radius 1 is 0.381 bits per heavy atom. The van der Waals surface area contributed by atoms with Gasteiger partial charge in [-0.05, 0) is 127 Å². The fourth-order valence-electron chi connectivity index (χ4n) is 11.0. The molecule has 10 aromatic rings. The van der Waals surface area contributed by atoms with Crippen LogP contribution in [0.2, 0.25) is 0 Å². The first-order valence-electron chi connectivity index (χ1n) is 21.8. The summed E-state index contributed by atoms with van der Waals surface area (Å²) >= 11 is 0. The normalized spacial score (nSPS) is 15.8. The van der Waals surface area contributed by atoms with Crippen LogP contribution in [0.1, 0.15) is 47.4 Å². The number of para-hydroxylation sites is 2. The first-order valence-corrected chi connectivity index (χ1v) is 21.8. The van der Waals surface area contributed by atoms with Crippen LogP contribution in [-0.2, 0) is 10.8 Å². The molecule has 2 aliphatic carbocycles. The molecule has 1 atom stereocenters. The van der Waals surface area contributed by atoms with Crippen LogP contribution in [0, 0.1) is 0 Å². The molecule has 3 nitrogen and oxygen atoms in total. The summed E-state index contributed by atoms with van der Waals surface area (Å²) in [5, 5.41) is 0.979. The third-order valence-electron chi connectivity index (χ3n) is 13.9. The zero-order valence-corrected chi connectivity index (χ0v) is 35.0. The topological polar surface area (TPSA) is 25.6 Å². The standard InChI is InChI=1S/C60H41NO2/c1-59(2)50-22-9-6-19-45(50)47-33-31-44(37-54(47)59)61(42-29-27-39(28-30-42)41-18-14-17-40(35-41)38-15-4-3-5-16-38)43-32-34-52-49(36-43)46-20-7-10-23-51(46)60(52)53-24-11-13-26-56(53)62-57-48-21-8-12-25-55(48)63-58(57)60/h3-37H,1-2H3. The van der Waals surface area contributed by atoms with E-state index < -0.39 is 5.41 Å². The highest BCUT2D eigenvalue weighted by Crippen LogP contribution is 2.64. The monoisotopic (exact) mass is 807 g/mol. The number of hydrogen-bond donors (Lipinski definition) is 0. The molecule has 0 fully saturated rings. The molecule has 1 aromatic heterocycles. The zero-order valence-electron chi connectivity index (χ0n) is 35.0. The van der Waals surface area contributed by atoms with Gasteiger partial charge in [0.15, 0.2) is 11.5 Å². The summed E-state index contributed by atoms with van der Waals surface area (Å²) in [6.45, 7) is 4.71. The third kappa shape index (κ3) is 5.08. The van der Waals surface area contributed by atoms with Gasteiger partial charge in [-0.3, -0.25) is 0 Å². The number of benzene rings is 9. The summed E-state index contributed by atoms with van der Waals surface area (Å²) in [6, 6.07) is 77.0. The Kier molecular flexibility index (Phi) is 7.57. The van der Waals surface area contributed by atoms with Crippen LogP contribution in [0.4, 0.5) is 17.1 Å². The molecule has 0 saturated carbocycles. The first kappa shape index (κ1) is 35.8. The second-order valence-electron chi connectivity index (χ2n) is 17.6. The molecule has 0 bridgehead atoms. The van der Waals surface area contributed by atoms with Crippen LogP contribution >= 0.6 is 0 Å². The number of furan rings is 1. The van der Waals surface area contributed by atoms with Gasteiger partial charge in [0.05, 0.1) is 5.39 Å². The van der Waals surface area contributed by atoms with Crippen LogP contribution in [0.25, 0.3) is 55.5 Å². The molecule has 1 unspecified atom stereocenters. The largest absolute Gasteiger partial charge is 0.455 e. The van der Waals surface area contributed by atoms with Crippen molar-refractivity contribution in [2.45, 2.75) is 24.7 Å². The lowest BCUT2D eigenvalue weighted by Crippen LogP contribution is -2.31. The van der Waals surface area contributed by atoms with Gasteiger partial charge < -0.3 is 14.1 Å². The summed E-state index contributed by atoms with van der Waals surface area (Å²) in [5.41, 5.74) is 19.2. The van der Waals surface area contributed by atoms with E-state index in [-0.39, 0.29) is 5.41 Å². The predicted molar refractivity (Wildman–Crippen MR) is 257 cm³/mol. The molecule has 9 aromatic carbocycles. The average molecular weight is 808 g/mol. The van der Waals surface area contributed by atoms with E-state index in [1.165, 1.54) is 66.8 Å². The summed E-state index contributed by atoms with van der Waals surface area (Å²) in [4.78, 5) is 2.43. The van der Waals surface area contributed by atoms with Crippen molar-refractivity contribution in [2.24, 2.45) is 0 Å². The predicted octanol–water partition coefficient (Wildman–Crippen LogP) is 16.0. The van der Waals surface area contributed by atoms with Crippen molar-refractivity contribution < 1.29 is 9.15 Å². The van der Waals surface area contributed by atoms with Gasteiger partial charge >= 0.3 is 0 Å². The van der Waals surface area contributed by atoms with Gasteiger partial charge in [0.1, 0.15) is 16.7 Å². The second kappa shape index (κ2) is 13.3. The van der Waals surface area contributed by atoms with E-state index in [1.807, 2.05) is 12.1 Å². The molecule has 0 saturated heterocycles. The number of anilines is 3. The number of fused-ring (bicyclic) bond motifs is 14. The van der Waals surface area contributed by atoms with Crippen LogP contribution in [-0.4, -0.2) is 0 Å². The number of rotatable bonds is 5. The van der Waals surface area contributed by atoms with Crippen molar-refractivity contribution in [1.29, 1.82) is 0 Å². The van der Waals surface area contributed by atoms with E-state index in [9.17, 15) is 0 Å². The molecule has 1 aliphatic heterocycles. The van der Waals surface area contributed by atoms with Crippen molar-refractivity contribution in [3.63, 3.8) is 0 Å². The van der Waals surface area contributed by atoms with Crippen molar-refractivity contribution in [1.82, 2.24) is 0 Å². The quantitative estimate of drug-likeness (QED) is 0.173. The minimum absolute atomic E-state index is 0.148. The molecular formula is C60H41NO2. The van der Waals surface area contributed by atoms with E-state index in [1.54, 1.807) is 0 Å². The zero-order chi connectivity index (χ0) is 41.9. The average Bonchev–Trinajstić information content (AvgIpc) is 3.93. The van der Waals surface area contributed by atoms with Gasteiger partial charge in [0, 0.05) is 28.0 Å². The van der Waals surface area contributed by atoms with Crippen molar-refractivity contribution in [3.8, 4) is 56.0 Å². The molecule has 3 aliphatic rings. The lowest BCUT2D eigenvalue weighted by Gasteiger charge is -2.36. The lowest BCUT2D eigenvalue weighted by atomic mass is 9.69. The molecule has 63 heavy (non-hydrogen) atoms. The van der Waals surface area contributed by atoms with E-state index >= 15 is 0 Å². The van der Waals surface area contributed by atoms with Gasteiger partial charge in [-0.15, -0.1) is 0 Å². The van der Waals surface area contributed by atoms with Gasteiger partial charge in [-0.1, -0.05) is 166 Å². The lowest BCUT2D eigenvalue weighted by molar-refractivity contribution is 0.389. The van der Waals surface area contributed by atoms with Crippen molar-refractivity contribution >= 4 is 28.0 Å². The van der Waals surface area contributed by atoms with Crippen molar-refractivity contribution in [2.75, 3.05) is 4.90 Å². The highest BCUT2D eigenvalue weighted by Gasteiger charge is 2.54. The van der Waals surface area contributed by atoms with Gasteiger partial charge in [0.25, 0.3) is 0 Å². The Morgan fingerprint density at radius 2 is 0.952 bits per heavy atom. The Bertz CT molecular complexity index is 3470. The molecule has 298 valence electrons. The summed E-state index contributed by atoms with van der Waals surface area (Å²) < 4.78 is 13.7. The van der Waals surface area contributed by atoms with E-state index in [2.05, 4.69) is 219 Å². The van der Waals surface area contributed by atoms with E-state index in [0.29, 0.717) is 0 Å². The number of nitrogens with zero attached hydrogens (tertiary/aromatic N) is 1. The molecule has 0 N–H and O–H groups in total. The molecule has 2 heterocycles. The second-order valence-corrected chi connectivity index (χ2v) is 17.6. The van der Waals surface area contributed by atoms with Crippen molar-refractivity contribution in [3.05, 3.63) is 246 Å². The minimum Gasteiger partial charge on any atom is -0.455 e. The van der Waals surface area contributed by atoms with Crippen LogP contribution in [0.15, 0.2) is 217 Å². The molecular weight excluding hydrogens is 767 g/mol. The van der Waals surface area contributed by atoms with Gasteiger partial charge in [-0.2, -0.15) is 0 Å². The van der Waals surface area contributed by atoms with Gasteiger partial charge in [0.2, 0.25) is 0 Å². The SMILES string of the molecule is CC1(C)c2ccccc2-c2ccc(N(c3ccc(-c4cccc(-c5ccccc5)c4)cc3)c3ccc4c(c3)-c3ccccc3C43c4ccccc4Oc4c3oc3ccccc43)cc21. The van der Waals surface area contributed by atoms with E-state index in [0.717, 1.165) is 50.9 Å². The smallest absolute Gasteiger partial charge is 0.178 e. The van der Waals surface area contributed by atoms with Crippen LogP contribution < -0.4 is 9.64 Å². The Balaban J connectivity index is 1.01. The maximum atomic E-state index is 6.95. The van der Waals surface area contributed by atoms with Crippen LogP contribution in [0.3, 0.4) is 0 Å². The van der Waals surface area contributed by atoms with E-state index in [4.69, 9.17) is 9.15 Å². The Labute approximate surface area is 367 Å². The minimum atomic E-state index is -0.711. The highest BCUT2D eigenvalue weighted by atomic mass is 16.5. The highest BCUT2D eigenvalue weighted by molar-refractivity contribution is 5.95. The summed E-state index contributed by atoms with van der Waals surface area (Å²) in [6.07, 6.45) is 0. The molecule has 0 radical (unpaired) electrons. The third-order valence-corrected chi connectivity index (χ3v) is 13.9. The molecule has 1 spiro atoms. The fraction of sp³-hybridized carbons (Fsp3) is 0.0667. The Morgan fingerprint density at radius 3 is 1.76 bits per heavy atom. The first-order chi connectivity index (χ1) is 31.0. The van der Waals surface area contributed by atoms with Crippen LogP contribution in [0.5, 0.6) is 11.5 Å². The molecule has 0 amide bonds. The fourth-order valence-corrected chi connectivity index (χ4v) is 11.0. The number of ether oxygens (including phenoxy) is 1. The molecule has 13 rings (SSSR count).